The molecule has 0 atom stereocenters. The first-order valence-corrected chi connectivity index (χ1v) is 9.76. The summed E-state index contributed by atoms with van der Waals surface area (Å²) >= 11 is 6.03. The summed E-state index contributed by atoms with van der Waals surface area (Å²) in [4.78, 5) is 28.1. The first-order chi connectivity index (χ1) is 13.0. The van der Waals surface area contributed by atoms with E-state index in [2.05, 4.69) is 24.3 Å². The van der Waals surface area contributed by atoms with Gasteiger partial charge in [0, 0.05) is 30.7 Å². The van der Waals surface area contributed by atoms with Crippen LogP contribution >= 0.6 is 11.6 Å². The third kappa shape index (κ3) is 5.33. The van der Waals surface area contributed by atoms with Gasteiger partial charge in [0.1, 0.15) is 6.54 Å². The van der Waals surface area contributed by atoms with Gasteiger partial charge in [0.05, 0.1) is 0 Å². The molecular weight excluding hydrogens is 360 g/mol. The van der Waals surface area contributed by atoms with Crippen molar-refractivity contribution in [2.75, 3.05) is 24.5 Å². The number of likely N-dealkylation sites (tertiary alicyclic amines) is 1. The van der Waals surface area contributed by atoms with E-state index in [4.69, 9.17) is 11.6 Å². The average Bonchev–Trinajstić information content (AvgIpc) is 2.67. The lowest BCUT2D eigenvalue weighted by atomic mass is 9.90. The normalized spacial score (nSPS) is 14.8. The number of benzene rings is 2. The molecule has 5 heteroatoms. The summed E-state index contributed by atoms with van der Waals surface area (Å²) in [5, 5.41) is 0.549. The molecule has 27 heavy (non-hydrogen) atoms. The highest BCUT2D eigenvalue weighted by atomic mass is 35.5. The molecule has 0 aliphatic carbocycles. The van der Waals surface area contributed by atoms with Crippen LogP contribution in [0.3, 0.4) is 0 Å². The van der Waals surface area contributed by atoms with Crippen molar-refractivity contribution >= 4 is 29.1 Å². The Morgan fingerprint density at radius 1 is 1.07 bits per heavy atom. The molecule has 4 nitrogen and oxygen atoms in total. The molecule has 0 N–H and O–H groups in total. The Balaban J connectivity index is 1.56. The van der Waals surface area contributed by atoms with Crippen LogP contribution in [0.25, 0.3) is 0 Å². The molecule has 0 saturated carbocycles. The highest BCUT2D eigenvalue weighted by molar-refractivity contribution is 6.30. The molecule has 1 aliphatic rings. The van der Waals surface area contributed by atoms with Gasteiger partial charge in [-0.25, -0.2) is 0 Å². The molecule has 2 amide bonds. The van der Waals surface area contributed by atoms with Crippen LogP contribution in [0.4, 0.5) is 5.69 Å². The molecule has 0 bridgehead atoms. The maximum Gasteiger partial charge on any atom is 0.242 e. The van der Waals surface area contributed by atoms with Crippen molar-refractivity contribution in [2.45, 2.75) is 26.2 Å². The lowest BCUT2D eigenvalue weighted by Crippen LogP contribution is -2.45. The Labute approximate surface area is 165 Å². The minimum absolute atomic E-state index is 0.0108. The van der Waals surface area contributed by atoms with Crippen LogP contribution in [0, 0.1) is 5.92 Å². The van der Waals surface area contributed by atoms with Gasteiger partial charge < -0.3 is 9.80 Å². The number of piperidine rings is 1. The van der Waals surface area contributed by atoms with Crippen LogP contribution in [0.15, 0.2) is 54.6 Å². The summed E-state index contributed by atoms with van der Waals surface area (Å²) in [6, 6.07) is 17.5. The quantitative estimate of drug-likeness (QED) is 0.776. The van der Waals surface area contributed by atoms with E-state index in [-0.39, 0.29) is 18.4 Å². The molecule has 2 aromatic carbocycles. The Bertz CT molecular complexity index is 786. The summed E-state index contributed by atoms with van der Waals surface area (Å²) < 4.78 is 0. The van der Waals surface area contributed by atoms with E-state index in [1.807, 2.05) is 11.0 Å². The zero-order valence-corrected chi connectivity index (χ0v) is 16.4. The third-order valence-electron chi connectivity index (χ3n) is 5.13. The van der Waals surface area contributed by atoms with Crippen molar-refractivity contribution in [2.24, 2.45) is 5.92 Å². The van der Waals surface area contributed by atoms with Gasteiger partial charge >= 0.3 is 0 Å². The van der Waals surface area contributed by atoms with Crippen molar-refractivity contribution in [1.29, 1.82) is 0 Å². The fourth-order valence-electron chi connectivity index (χ4n) is 3.60. The molecule has 0 radical (unpaired) electrons. The van der Waals surface area contributed by atoms with Gasteiger partial charge in [0.2, 0.25) is 11.8 Å². The molecule has 1 heterocycles. The van der Waals surface area contributed by atoms with E-state index in [1.165, 1.54) is 17.4 Å². The molecule has 0 aromatic heterocycles. The van der Waals surface area contributed by atoms with Crippen LogP contribution in [0.1, 0.15) is 25.3 Å². The zero-order valence-electron chi connectivity index (χ0n) is 15.6. The molecular formula is C22H25ClN2O2. The molecule has 1 saturated heterocycles. The predicted molar refractivity (Wildman–Crippen MR) is 109 cm³/mol. The molecule has 0 spiro atoms. The first-order valence-electron chi connectivity index (χ1n) is 9.38. The zero-order chi connectivity index (χ0) is 19.2. The Kier molecular flexibility index (Phi) is 6.51. The number of rotatable bonds is 5. The summed E-state index contributed by atoms with van der Waals surface area (Å²) in [7, 11) is 0. The van der Waals surface area contributed by atoms with Gasteiger partial charge in [0.15, 0.2) is 0 Å². The van der Waals surface area contributed by atoms with E-state index >= 15 is 0 Å². The SMILES string of the molecule is CC(=O)N(CC(=O)N1CCC(Cc2ccccc2)CC1)c1cccc(Cl)c1. The molecule has 3 rings (SSSR count). The average molecular weight is 385 g/mol. The van der Waals surface area contributed by atoms with Crippen molar-refractivity contribution in [1.82, 2.24) is 4.90 Å². The third-order valence-corrected chi connectivity index (χ3v) is 5.36. The summed E-state index contributed by atoms with van der Waals surface area (Å²) in [6.07, 6.45) is 3.06. The molecule has 1 aliphatic heterocycles. The van der Waals surface area contributed by atoms with Gasteiger partial charge in [-0.1, -0.05) is 48.0 Å². The fraction of sp³-hybridized carbons (Fsp3) is 0.364. The molecule has 1 fully saturated rings. The summed E-state index contributed by atoms with van der Waals surface area (Å²) in [6.45, 7) is 3.02. The maximum atomic E-state index is 12.7. The standard InChI is InChI=1S/C22H25ClN2O2/c1-17(26)25(21-9-5-8-20(23)15-21)16-22(27)24-12-10-19(11-13-24)14-18-6-3-2-4-7-18/h2-9,15,19H,10-14,16H2,1H3. The second-order valence-electron chi connectivity index (χ2n) is 7.10. The second-order valence-corrected chi connectivity index (χ2v) is 7.54. The monoisotopic (exact) mass is 384 g/mol. The lowest BCUT2D eigenvalue weighted by Gasteiger charge is -2.33. The second kappa shape index (κ2) is 9.05. The van der Waals surface area contributed by atoms with Gasteiger partial charge in [-0.3, -0.25) is 9.59 Å². The van der Waals surface area contributed by atoms with E-state index in [0.717, 1.165) is 32.4 Å². The van der Waals surface area contributed by atoms with Crippen molar-refractivity contribution in [3.8, 4) is 0 Å². The smallest absolute Gasteiger partial charge is 0.242 e. The first kappa shape index (κ1) is 19.4. The molecule has 142 valence electrons. The van der Waals surface area contributed by atoms with Gasteiger partial charge in [-0.05, 0) is 48.9 Å². The largest absolute Gasteiger partial charge is 0.341 e. The number of hydrogen-bond donors (Lipinski definition) is 0. The number of amides is 2. The number of carbonyl (C=O) groups is 2. The highest BCUT2D eigenvalue weighted by Gasteiger charge is 2.25. The number of nitrogens with zero attached hydrogens (tertiary/aromatic N) is 2. The van der Waals surface area contributed by atoms with Crippen molar-refractivity contribution in [3.63, 3.8) is 0 Å². The maximum absolute atomic E-state index is 12.7. The Hall–Kier alpha value is -2.33. The van der Waals surface area contributed by atoms with Gasteiger partial charge in [-0.15, -0.1) is 0 Å². The minimum atomic E-state index is -0.162. The van der Waals surface area contributed by atoms with Gasteiger partial charge in [0.25, 0.3) is 0 Å². The van der Waals surface area contributed by atoms with Crippen molar-refractivity contribution < 1.29 is 9.59 Å². The number of carbonyl (C=O) groups excluding carboxylic acids is 2. The van der Waals surface area contributed by atoms with Crippen LogP contribution < -0.4 is 4.90 Å². The van der Waals surface area contributed by atoms with Crippen LogP contribution in [-0.2, 0) is 16.0 Å². The van der Waals surface area contributed by atoms with E-state index in [1.54, 1.807) is 24.3 Å². The summed E-state index contributed by atoms with van der Waals surface area (Å²) in [5.41, 5.74) is 2.01. The Morgan fingerprint density at radius 2 is 1.78 bits per heavy atom. The van der Waals surface area contributed by atoms with E-state index < -0.39 is 0 Å². The molecule has 0 unspecified atom stereocenters. The van der Waals surface area contributed by atoms with Crippen LogP contribution in [-0.4, -0.2) is 36.3 Å². The minimum Gasteiger partial charge on any atom is -0.341 e. The van der Waals surface area contributed by atoms with E-state index in [0.29, 0.717) is 16.6 Å². The number of hydrogen-bond acceptors (Lipinski definition) is 2. The fourth-order valence-corrected chi connectivity index (χ4v) is 3.78. The van der Waals surface area contributed by atoms with Crippen molar-refractivity contribution in [3.05, 3.63) is 65.2 Å². The van der Waals surface area contributed by atoms with E-state index in [9.17, 15) is 9.59 Å². The van der Waals surface area contributed by atoms with Crippen LogP contribution in [0.5, 0.6) is 0 Å². The van der Waals surface area contributed by atoms with Crippen LogP contribution in [0.2, 0.25) is 5.02 Å². The highest BCUT2D eigenvalue weighted by Crippen LogP contribution is 2.23. The topological polar surface area (TPSA) is 40.6 Å². The summed E-state index contributed by atoms with van der Waals surface area (Å²) in [5.74, 6) is 0.432. The number of anilines is 1. The molecule has 2 aromatic rings. The van der Waals surface area contributed by atoms with Gasteiger partial charge in [-0.2, -0.15) is 0 Å². The Morgan fingerprint density at radius 3 is 2.41 bits per heavy atom. The lowest BCUT2D eigenvalue weighted by molar-refractivity contribution is -0.132. The predicted octanol–water partition coefficient (Wildman–Crippen LogP) is 4.17. The number of halogens is 1.